The van der Waals surface area contributed by atoms with E-state index in [-0.39, 0.29) is 0 Å². The molecule has 2 aliphatic heterocycles. The minimum absolute atomic E-state index is 0.302. The maximum absolute atomic E-state index is 12.3. The Bertz CT molecular complexity index is 317. The van der Waals surface area contributed by atoms with Gasteiger partial charge >= 0.3 is 0 Å². The zero-order chi connectivity index (χ0) is 13.9. The van der Waals surface area contributed by atoms with Crippen LogP contribution in [0.1, 0.15) is 33.6 Å². The van der Waals surface area contributed by atoms with E-state index < -0.39 is 0 Å². The molecule has 0 aromatic rings. The number of carbonyl (C=O) groups excluding carboxylic acids is 1. The molecule has 2 fully saturated rings. The van der Waals surface area contributed by atoms with Crippen LogP contribution in [0.5, 0.6) is 0 Å². The molecule has 2 saturated heterocycles. The molecule has 0 bridgehead atoms. The van der Waals surface area contributed by atoms with Gasteiger partial charge in [0.25, 0.3) is 0 Å². The van der Waals surface area contributed by atoms with Crippen LogP contribution in [0.2, 0.25) is 0 Å². The van der Waals surface area contributed by atoms with Gasteiger partial charge in [-0.25, -0.2) is 0 Å². The van der Waals surface area contributed by atoms with Crippen LogP contribution in [0.3, 0.4) is 0 Å². The quantitative estimate of drug-likeness (QED) is 0.759. The van der Waals surface area contributed by atoms with Crippen molar-refractivity contribution in [2.75, 3.05) is 45.9 Å². The van der Waals surface area contributed by atoms with Crippen molar-refractivity contribution in [3.8, 4) is 0 Å². The summed E-state index contributed by atoms with van der Waals surface area (Å²) in [6, 6.07) is 0. The molecule has 2 rings (SSSR count). The van der Waals surface area contributed by atoms with E-state index >= 15 is 0 Å². The van der Waals surface area contributed by atoms with Gasteiger partial charge in [0.1, 0.15) is 0 Å². The fourth-order valence-corrected chi connectivity index (χ4v) is 3.13. The maximum Gasteiger partial charge on any atom is 0.236 e. The van der Waals surface area contributed by atoms with Gasteiger partial charge < -0.3 is 9.64 Å². The first kappa shape index (κ1) is 14.8. The Labute approximate surface area is 117 Å². The summed E-state index contributed by atoms with van der Waals surface area (Å²) in [5.74, 6) is 0.843. The highest BCUT2D eigenvalue weighted by Gasteiger charge is 2.32. The minimum Gasteiger partial charge on any atom is -0.381 e. The Morgan fingerprint density at radius 3 is 2.79 bits per heavy atom. The van der Waals surface area contributed by atoms with E-state index in [1.54, 1.807) is 0 Å². The number of amides is 1. The minimum atomic E-state index is 0.302. The van der Waals surface area contributed by atoms with Crippen LogP contribution >= 0.6 is 0 Å². The Kier molecular flexibility index (Phi) is 4.85. The van der Waals surface area contributed by atoms with Crippen LogP contribution in [0, 0.1) is 11.3 Å². The first-order valence-electron chi connectivity index (χ1n) is 7.58. The van der Waals surface area contributed by atoms with Crippen LogP contribution in [0.25, 0.3) is 0 Å². The summed E-state index contributed by atoms with van der Waals surface area (Å²) in [5.41, 5.74) is 0.378. The molecule has 4 nitrogen and oxygen atoms in total. The molecule has 2 aliphatic rings. The lowest BCUT2D eigenvalue weighted by molar-refractivity contribution is -0.131. The monoisotopic (exact) mass is 268 g/mol. The highest BCUT2D eigenvalue weighted by atomic mass is 16.5. The topological polar surface area (TPSA) is 32.8 Å². The molecule has 1 unspecified atom stereocenters. The van der Waals surface area contributed by atoms with Crippen molar-refractivity contribution >= 4 is 5.91 Å². The number of hydrogen-bond donors (Lipinski definition) is 0. The highest BCUT2D eigenvalue weighted by molar-refractivity contribution is 5.78. The second kappa shape index (κ2) is 6.23. The summed E-state index contributed by atoms with van der Waals surface area (Å²) in [7, 11) is 0. The summed E-state index contributed by atoms with van der Waals surface area (Å²) in [4.78, 5) is 16.6. The molecule has 2 heterocycles. The molecule has 0 spiro atoms. The lowest BCUT2D eigenvalue weighted by Crippen LogP contribution is -2.39. The molecule has 4 heteroatoms. The number of hydrogen-bond acceptors (Lipinski definition) is 3. The Morgan fingerprint density at radius 2 is 2.16 bits per heavy atom. The predicted molar refractivity (Wildman–Crippen MR) is 76.0 cm³/mol. The molecular formula is C15H28N2O2. The van der Waals surface area contributed by atoms with Gasteiger partial charge in [-0.05, 0) is 31.7 Å². The van der Waals surface area contributed by atoms with Crippen molar-refractivity contribution in [1.29, 1.82) is 0 Å². The maximum atomic E-state index is 12.3. The average Bonchev–Trinajstić information content (AvgIpc) is 2.93. The molecule has 0 aromatic heterocycles. The van der Waals surface area contributed by atoms with Crippen LogP contribution in [0.4, 0.5) is 0 Å². The number of carbonyl (C=O) groups is 1. The zero-order valence-corrected chi connectivity index (χ0v) is 12.7. The van der Waals surface area contributed by atoms with E-state index in [1.807, 2.05) is 11.8 Å². The third-order valence-electron chi connectivity index (χ3n) is 4.31. The number of likely N-dealkylation sites (tertiary alicyclic amines) is 2. The SMILES string of the molecule is CCOCC1CCN(C(=O)CN2CCC(C)(C)C2)C1. The third kappa shape index (κ3) is 4.18. The predicted octanol–water partition coefficient (Wildman–Crippen LogP) is 1.60. The van der Waals surface area contributed by atoms with Crippen molar-refractivity contribution < 1.29 is 9.53 Å². The van der Waals surface area contributed by atoms with Gasteiger partial charge in [0.2, 0.25) is 5.91 Å². The second-order valence-corrected chi connectivity index (χ2v) is 6.78. The van der Waals surface area contributed by atoms with E-state index in [2.05, 4.69) is 18.7 Å². The van der Waals surface area contributed by atoms with E-state index in [0.29, 0.717) is 23.8 Å². The third-order valence-corrected chi connectivity index (χ3v) is 4.31. The summed E-state index contributed by atoms with van der Waals surface area (Å²) >= 11 is 0. The molecule has 110 valence electrons. The normalized spacial score (nSPS) is 27.1. The molecule has 19 heavy (non-hydrogen) atoms. The molecule has 0 N–H and O–H groups in total. The van der Waals surface area contributed by atoms with E-state index in [0.717, 1.165) is 45.8 Å². The second-order valence-electron chi connectivity index (χ2n) is 6.78. The lowest BCUT2D eigenvalue weighted by atomic mass is 9.93. The zero-order valence-electron chi connectivity index (χ0n) is 12.7. The van der Waals surface area contributed by atoms with Crippen molar-refractivity contribution in [3.63, 3.8) is 0 Å². The van der Waals surface area contributed by atoms with Gasteiger partial charge in [-0.15, -0.1) is 0 Å². The number of ether oxygens (including phenoxy) is 1. The molecule has 0 aromatic carbocycles. The van der Waals surface area contributed by atoms with Crippen LogP contribution < -0.4 is 0 Å². The van der Waals surface area contributed by atoms with Gasteiger partial charge in [-0.3, -0.25) is 9.69 Å². The Hall–Kier alpha value is -0.610. The first-order chi connectivity index (χ1) is 9.00. The molecule has 0 radical (unpaired) electrons. The summed E-state index contributed by atoms with van der Waals surface area (Å²) in [6.45, 7) is 12.7. The largest absolute Gasteiger partial charge is 0.381 e. The smallest absolute Gasteiger partial charge is 0.236 e. The van der Waals surface area contributed by atoms with Gasteiger partial charge in [0.05, 0.1) is 13.2 Å². The summed E-state index contributed by atoms with van der Waals surface area (Å²) in [5, 5.41) is 0. The highest BCUT2D eigenvalue weighted by Crippen LogP contribution is 2.28. The first-order valence-corrected chi connectivity index (χ1v) is 7.58. The van der Waals surface area contributed by atoms with Crippen molar-refractivity contribution in [1.82, 2.24) is 9.80 Å². The number of nitrogens with zero attached hydrogens (tertiary/aromatic N) is 2. The van der Waals surface area contributed by atoms with E-state index in [1.165, 1.54) is 6.42 Å². The van der Waals surface area contributed by atoms with Gasteiger partial charge in [0, 0.05) is 32.2 Å². The lowest BCUT2D eigenvalue weighted by Gasteiger charge is -2.22. The Balaban J connectivity index is 1.73. The van der Waals surface area contributed by atoms with Gasteiger partial charge in [0.15, 0.2) is 0 Å². The standard InChI is InChI=1S/C15H28N2O2/c1-4-19-11-13-5-7-17(9-13)14(18)10-16-8-6-15(2,3)12-16/h13H,4-12H2,1-3H3. The fourth-order valence-electron chi connectivity index (χ4n) is 3.13. The van der Waals surface area contributed by atoms with Crippen molar-refractivity contribution in [2.45, 2.75) is 33.6 Å². The average molecular weight is 268 g/mol. The fraction of sp³-hybridized carbons (Fsp3) is 0.933. The Morgan fingerprint density at radius 1 is 1.37 bits per heavy atom. The van der Waals surface area contributed by atoms with Crippen LogP contribution in [-0.4, -0.2) is 61.6 Å². The van der Waals surface area contributed by atoms with Crippen molar-refractivity contribution in [2.24, 2.45) is 11.3 Å². The van der Waals surface area contributed by atoms with Crippen LogP contribution in [-0.2, 0) is 9.53 Å². The van der Waals surface area contributed by atoms with E-state index in [9.17, 15) is 4.79 Å². The summed E-state index contributed by atoms with van der Waals surface area (Å²) in [6.07, 6.45) is 2.30. The molecular weight excluding hydrogens is 240 g/mol. The molecule has 0 saturated carbocycles. The van der Waals surface area contributed by atoms with E-state index in [4.69, 9.17) is 4.74 Å². The van der Waals surface area contributed by atoms with Gasteiger partial charge in [-0.2, -0.15) is 0 Å². The van der Waals surface area contributed by atoms with Crippen LogP contribution in [0.15, 0.2) is 0 Å². The number of rotatable bonds is 5. The molecule has 0 aliphatic carbocycles. The molecule has 1 amide bonds. The van der Waals surface area contributed by atoms with Gasteiger partial charge in [-0.1, -0.05) is 13.8 Å². The summed E-state index contributed by atoms with van der Waals surface area (Å²) < 4.78 is 5.46. The molecule has 1 atom stereocenters. The van der Waals surface area contributed by atoms with Crippen molar-refractivity contribution in [3.05, 3.63) is 0 Å².